The maximum absolute atomic E-state index is 12.7. The van der Waals surface area contributed by atoms with Gasteiger partial charge in [-0.15, -0.1) is 0 Å². The first-order valence-electron chi connectivity index (χ1n) is 13.3. The van der Waals surface area contributed by atoms with E-state index in [9.17, 15) is 15.0 Å². The molecule has 1 amide bonds. The Bertz CT molecular complexity index is 1700. The summed E-state index contributed by atoms with van der Waals surface area (Å²) in [6.45, 7) is 0. The molecule has 4 N–H and O–H groups in total. The third-order valence-corrected chi connectivity index (χ3v) is 9.04. The number of nitrogens with one attached hydrogen (secondary N) is 2. The van der Waals surface area contributed by atoms with Crippen molar-refractivity contribution in [2.45, 2.75) is 43.1 Å². The normalized spacial score (nSPS) is 29.8. The lowest BCUT2D eigenvalue weighted by molar-refractivity contribution is -0.132. The van der Waals surface area contributed by atoms with Crippen molar-refractivity contribution in [2.24, 2.45) is 11.3 Å². The zero-order valence-corrected chi connectivity index (χ0v) is 23.2. The zero-order valence-electron chi connectivity index (χ0n) is 21.6. The summed E-state index contributed by atoms with van der Waals surface area (Å²) >= 11 is 3.48. The molecule has 2 heterocycles. The van der Waals surface area contributed by atoms with E-state index in [2.05, 4.69) is 55.5 Å². The summed E-state index contributed by atoms with van der Waals surface area (Å²) in [5.74, 6) is 7.00. The van der Waals surface area contributed by atoms with Crippen LogP contribution in [0.25, 0.3) is 11.2 Å². The molecule has 0 bridgehead atoms. The van der Waals surface area contributed by atoms with Crippen LogP contribution >= 0.6 is 15.9 Å². The number of aromatic nitrogens is 4. The molecule has 9 nitrogen and oxygen atoms in total. The molecule has 7 rings (SSSR count). The van der Waals surface area contributed by atoms with Gasteiger partial charge in [0.1, 0.15) is 6.10 Å². The highest BCUT2D eigenvalue weighted by atomic mass is 79.9. The largest absolute Gasteiger partial charge is 0.389 e. The molecule has 3 fully saturated rings. The first kappa shape index (κ1) is 25.2. The number of anilines is 1. The van der Waals surface area contributed by atoms with E-state index in [-0.39, 0.29) is 17.9 Å². The SMILES string of the molecule is CNC(=O)[C@]12CC1[C@@H](n1cnc3c(N[C@@H]4CC4c4ccccc4)nc(C#Cc4cccc(Br)c4)nc31)C(O)[C@@H]2O. The highest BCUT2D eigenvalue weighted by Crippen LogP contribution is 2.67. The number of carbonyl (C=O) groups is 1. The molecule has 3 unspecified atom stereocenters. The molecule has 40 heavy (non-hydrogen) atoms. The highest BCUT2D eigenvalue weighted by Gasteiger charge is 2.75. The van der Waals surface area contributed by atoms with Gasteiger partial charge >= 0.3 is 0 Å². The molecular formula is C30H27BrN6O3. The molecule has 7 atom stereocenters. The molecule has 3 aliphatic rings. The van der Waals surface area contributed by atoms with E-state index in [0.29, 0.717) is 35.1 Å². The van der Waals surface area contributed by atoms with Crippen LogP contribution in [0, 0.1) is 23.2 Å². The minimum absolute atomic E-state index is 0.194. The third kappa shape index (κ3) is 4.00. The quantitative estimate of drug-likeness (QED) is 0.260. The molecule has 0 spiro atoms. The fraction of sp³-hybridized carbons (Fsp3) is 0.333. The second-order valence-corrected chi connectivity index (χ2v) is 11.8. The van der Waals surface area contributed by atoms with Crippen LogP contribution < -0.4 is 10.6 Å². The van der Waals surface area contributed by atoms with Crippen molar-refractivity contribution in [2.75, 3.05) is 12.4 Å². The van der Waals surface area contributed by atoms with Crippen LogP contribution in [0.5, 0.6) is 0 Å². The number of nitrogens with zero attached hydrogens (tertiary/aromatic N) is 4. The van der Waals surface area contributed by atoms with Crippen LogP contribution in [0.4, 0.5) is 5.82 Å². The molecule has 3 aliphatic carbocycles. The van der Waals surface area contributed by atoms with E-state index < -0.39 is 23.7 Å². The van der Waals surface area contributed by atoms with Gasteiger partial charge in [0.05, 0.1) is 23.9 Å². The summed E-state index contributed by atoms with van der Waals surface area (Å²) in [6, 6.07) is 17.7. The van der Waals surface area contributed by atoms with Crippen molar-refractivity contribution in [3.63, 3.8) is 0 Å². The Labute approximate surface area is 239 Å². The van der Waals surface area contributed by atoms with Crippen LogP contribution in [0.2, 0.25) is 0 Å². The Morgan fingerprint density at radius 1 is 1.12 bits per heavy atom. The fourth-order valence-corrected chi connectivity index (χ4v) is 6.77. The van der Waals surface area contributed by atoms with Crippen LogP contribution in [-0.2, 0) is 4.79 Å². The molecule has 4 aromatic rings. The number of aliphatic hydroxyl groups excluding tert-OH is 2. The van der Waals surface area contributed by atoms with Crippen molar-refractivity contribution >= 4 is 38.8 Å². The molecular weight excluding hydrogens is 572 g/mol. The van der Waals surface area contributed by atoms with Gasteiger partial charge in [0, 0.05) is 35.0 Å². The highest BCUT2D eigenvalue weighted by molar-refractivity contribution is 9.10. The van der Waals surface area contributed by atoms with Gasteiger partial charge in [0.2, 0.25) is 11.7 Å². The van der Waals surface area contributed by atoms with Crippen molar-refractivity contribution in [3.05, 3.63) is 82.3 Å². The number of halogens is 1. The number of hydrogen-bond acceptors (Lipinski definition) is 7. The van der Waals surface area contributed by atoms with E-state index >= 15 is 0 Å². The van der Waals surface area contributed by atoms with E-state index in [1.54, 1.807) is 17.9 Å². The fourth-order valence-electron chi connectivity index (χ4n) is 6.37. The predicted molar refractivity (Wildman–Crippen MR) is 152 cm³/mol. The van der Waals surface area contributed by atoms with Gasteiger partial charge in [-0.3, -0.25) is 4.79 Å². The minimum Gasteiger partial charge on any atom is -0.389 e. The van der Waals surface area contributed by atoms with E-state index in [0.717, 1.165) is 16.5 Å². The lowest BCUT2D eigenvalue weighted by Crippen LogP contribution is -2.41. The maximum atomic E-state index is 12.7. The molecule has 0 aliphatic heterocycles. The average Bonchev–Trinajstić information content (AvgIpc) is 3.85. The monoisotopic (exact) mass is 598 g/mol. The lowest BCUT2D eigenvalue weighted by atomic mass is 9.98. The summed E-state index contributed by atoms with van der Waals surface area (Å²) in [5, 5.41) is 28.2. The number of fused-ring (bicyclic) bond motifs is 2. The Hall–Kier alpha value is -3.78. The summed E-state index contributed by atoms with van der Waals surface area (Å²) in [4.78, 5) is 26.8. The van der Waals surface area contributed by atoms with E-state index in [1.165, 1.54) is 5.56 Å². The van der Waals surface area contributed by atoms with Gasteiger partial charge in [-0.05, 0) is 42.5 Å². The van der Waals surface area contributed by atoms with E-state index in [4.69, 9.17) is 9.97 Å². The number of benzene rings is 2. The van der Waals surface area contributed by atoms with Gasteiger partial charge in [0.15, 0.2) is 17.0 Å². The van der Waals surface area contributed by atoms with E-state index in [1.807, 2.05) is 42.5 Å². The number of rotatable bonds is 5. The first-order chi connectivity index (χ1) is 19.4. The summed E-state index contributed by atoms with van der Waals surface area (Å²) in [5.41, 5.74) is 2.15. The second-order valence-electron chi connectivity index (χ2n) is 10.8. The Balaban J connectivity index is 1.28. The van der Waals surface area contributed by atoms with Crippen molar-refractivity contribution in [3.8, 4) is 11.8 Å². The Morgan fingerprint density at radius 3 is 2.73 bits per heavy atom. The topological polar surface area (TPSA) is 125 Å². The Kier molecular flexibility index (Phi) is 5.93. The molecule has 3 saturated carbocycles. The summed E-state index contributed by atoms with van der Waals surface area (Å²) in [6.07, 6.45) is 0.771. The molecule has 0 radical (unpaired) electrons. The van der Waals surface area contributed by atoms with Gasteiger partial charge in [-0.1, -0.05) is 58.2 Å². The number of aliphatic hydroxyl groups is 2. The van der Waals surface area contributed by atoms with Crippen molar-refractivity contribution in [1.29, 1.82) is 0 Å². The first-order valence-corrected chi connectivity index (χ1v) is 14.1. The lowest BCUT2D eigenvalue weighted by Gasteiger charge is -2.23. The second kappa shape index (κ2) is 9.41. The molecule has 202 valence electrons. The smallest absolute Gasteiger partial charge is 0.229 e. The van der Waals surface area contributed by atoms with Gasteiger partial charge in [-0.2, -0.15) is 0 Å². The minimum atomic E-state index is -1.17. The zero-order chi connectivity index (χ0) is 27.6. The van der Waals surface area contributed by atoms with Gasteiger partial charge in [-0.25, -0.2) is 15.0 Å². The number of imidazole rings is 1. The molecule has 10 heteroatoms. The summed E-state index contributed by atoms with van der Waals surface area (Å²) < 4.78 is 2.71. The van der Waals surface area contributed by atoms with Crippen molar-refractivity contribution < 1.29 is 15.0 Å². The van der Waals surface area contributed by atoms with Crippen LogP contribution in [0.1, 0.15) is 41.8 Å². The third-order valence-electron chi connectivity index (χ3n) is 8.55. The maximum Gasteiger partial charge on any atom is 0.229 e. The predicted octanol–water partition coefficient (Wildman–Crippen LogP) is 2.99. The molecule has 2 aromatic carbocycles. The van der Waals surface area contributed by atoms with Gasteiger partial charge < -0.3 is 25.4 Å². The van der Waals surface area contributed by atoms with Crippen LogP contribution in [-0.4, -0.2) is 60.9 Å². The number of amides is 1. The standard InChI is InChI=1S/C30H27BrN6O3/c1-32-29(40)30-14-20(30)24(25(38)26(30)39)37-15-33-23-27(34-21-13-19(21)17-7-3-2-4-8-17)35-22(36-28(23)37)11-10-16-6-5-9-18(31)12-16/h2-9,12,15,19-21,24-26,38-39H,13-14H2,1H3,(H,32,40)(H,34,35,36)/t19?,20?,21-,24-,25?,26+,30-/m1/s1. The van der Waals surface area contributed by atoms with Crippen LogP contribution in [0.15, 0.2) is 65.4 Å². The number of hydrogen-bond donors (Lipinski definition) is 4. The van der Waals surface area contributed by atoms with Gasteiger partial charge in [0.25, 0.3) is 0 Å². The molecule has 2 aromatic heterocycles. The van der Waals surface area contributed by atoms with Crippen molar-refractivity contribution in [1.82, 2.24) is 24.8 Å². The summed E-state index contributed by atoms with van der Waals surface area (Å²) in [7, 11) is 1.55. The van der Waals surface area contributed by atoms with Crippen LogP contribution in [0.3, 0.4) is 0 Å². The molecule has 0 saturated heterocycles. The Morgan fingerprint density at radius 2 is 1.95 bits per heavy atom. The number of carbonyl (C=O) groups excluding carboxylic acids is 1. The average molecular weight is 599 g/mol.